The van der Waals surface area contributed by atoms with E-state index in [1.165, 1.54) is 6.20 Å². The van der Waals surface area contributed by atoms with Crippen LogP contribution in [-0.4, -0.2) is 43.8 Å². The van der Waals surface area contributed by atoms with Crippen LogP contribution >= 0.6 is 0 Å². The number of hydrogen-bond donors (Lipinski definition) is 2. The molecule has 0 saturated carbocycles. The molecule has 0 radical (unpaired) electrons. The maximum atomic E-state index is 12.5. The molecule has 4 rings (SSSR count). The minimum absolute atomic E-state index is 0.143. The van der Waals surface area contributed by atoms with E-state index in [2.05, 4.69) is 27.9 Å². The van der Waals surface area contributed by atoms with Crippen LogP contribution in [0.25, 0.3) is 11.0 Å². The molecule has 3 aromatic rings. The molecule has 0 aliphatic carbocycles. The Hall–Kier alpha value is -2.96. The van der Waals surface area contributed by atoms with Gasteiger partial charge in [0.25, 0.3) is 11.5 Å². The number of nitrogens with zero attached hydrogens (tertiary/aromatic N) is 3. The molecular formula is C18H19N5O2. The summed E-state index contributed by atoms with van der Waals surface area (Å²) in [7, 11) is 0. The number of carbonyl (C=O) groups excluding carboxylic acids is 1. The minimum Gasteiger partial charge on any atom is -0.342 e. The van der Waals surface area contributed by atoms with Crippen LogP contribution < -0.4 is 5.56 Å². The van der Waals surface area contributed by atoms with E-state index >= 15 is 0 Å². The smallest absolute Gasteiger partial charge is 0.273 e. The SMILES string of the molecule is Cc1cccc2[nH]c(C3CCN(C(=O)c4c[nH]c(=O)cn4)CC3)nc12. The largest absolute Gasteiger partial charge is 0.342 e. The third-order valence-corrected chi connectivity index (χ3v) is 4.79. The Kier molecular flexibility index (Phi) is 3.83. The zero-order valence-electron chi connectivity index (χ0n) is 14.0. The van der Waals surface area contributed by atoms with Gasteiger partial charge in [-0.15, -0.1) is 0 Å². The highest BCUT2D eigenvalue weighted by molar-refractivity contribution is 5.92. The van der Waals surface area contributed by atoms with Gasteiger partial charge in [-0.25, -0.2) is 9.97 Å². The molecule has 1 aromatic carbocycles. The number of rotatable bonds is 2. The number of amides is 1. The van der Waals surface area contributed by atoms with E-state index in [4.69, 9.17) is 4.98 Å². The van der Waals surface area contributed by atoms with Crippen LogP contribution in [0.15, 0.2) is 35.4 Å². The molecule has 25 heavy (non-hydrogen) atoms. The molecule has 0 spiro atoms. The van der Waals surface area contributed by atoms with Gasteiger partial charge in [-0.2, -0.15) is 0 Å². The third-order valence-electron chi connectivity index (χ3n) is 4.79. The number of fused-ring (bicyclic) bond motifs is 1. The lowest BCUT2D eigenvalue weighted by Crippen LogP contribution is -2.38. The highest BCUT2D eigenvalue weighted by atomic mass is 16.2. The molecule has 0 unspecified atom stereocenters. The molecule has 0 bridgehead atoms. The Morgan fingerprint density at radius 3 is 2.76 bits per heavy atom. The number of aromatic amines is 2. The summed E-state index contributed by atoms with van der Waals surface area (Å²) >= 11 is 0. The van der Waals surface area contributed by atoms with Gasteiger partial charge in [-0.1, -0.05) is 12.1 Å². The quantitative estimate of drug-likeness (QED) is 0.747. The summed E-state index contributed by atoms with van der Waals surface area (Å²) in [5.74, 6) is 1.17. The van der Waals surface area contributed by atoms with Gasteiger partial charge in [0.05, 0.1) is 17.2 Å². The fraction of sp³-hybridized carbons (Fsp3) is 0.333. The first-order valence-corrected chi connectivity index (χ1v) is 8.41. The Balaban J connectivity index is 1.47. The monoisotopic (exact) mass is 337 g/mol. The average molecular weight is 337 g/mol. The lowest BCUT2D eigenvalue weighted by atomic mass is 9.96. The van der Waals surface area contributed by atoms with Gasteiger partial charge in [-0.3, -0.25) is 9.59 Å². The summed E-state index contributed by atoms with van der Waals surface area (Å²) in [6.45, 7) is 3.37. The van der Waals surface area contributed by atoms with Crippen LogP contribution in [-0.2, 0) is 0 Å². The Labute approximate surface area is 144 Å². The molecule has 1 fully saturated rings. The molecule has 1 amide bonds. The first-order valence-electron chi connectivity index (χ1n) is 8.41. The van der Waals surface area contributed by atoms with E-state index in [1.54, 1.807) is 4.90 Å². The maximum absolute atomic E-state index is 12.5. The van der Waals surface area contributed by atoms with Crippen LogP contribution in [0.2, 0.25) is 0 Å². The first-order chi connectivity index (χ1) is 12.1. The molecule has 2 N–H and O–H groups in total. The second-order valence-electron chi connectivity index (χ2n) is 6.46. The molecule has 7 nitrogen and oxygen atoms in total. The van der Waals surface area contributed by atoms with Gasteiger partial charge in [0.15, 0.2) is 0 Å². The number of benzene rings is 1. The number of piperidine rings is 1. The van der Waals surface area contributed by atoms with E-state index in [-0.39, 0.29) is 17.2 Å². The van der Waals surface area contributed by atoms with Gasteiger partial charge >= 0.3 is 0 Å². The van der Waals surface area contributed by atoms with Gasteiger partial charge in [-0.05, 0) is 31.4 Å². The Morgan fingerprint density at radius 2 is 2.08 bits per heavy atom. The Bertz CT molecular complexity index is 962. The summed E-state index contributed by atoms with van der Waals surface area (Å²) in [4.78, 5) is 39.9. The van der Waals surface area contributed by atoms with E-state index in [0.29, 0.717) is 19.0 Å². The van der Waals surface area contributed by atoms with Crippen LogP contribution in [0.5, 0.6) is 0 Å². The number of nitrogens with one attached hydrogen (secondary N) is 2. The van der Waals surface area contributed by atoms with Gasteiger partial charge in [0.2, 0.25) is 0 Å². The minimum atomic E-state index is -0.310. The highest BCUT2D eigenvalue weighted by Crippen LogP contribution is 2.28. The topological polar surface area (TPSA) is 94.7 Å². The molecule has 2 aromatic heterocycles. The van der Waals surface area contributed by atoms with E-state index in [1.807, 2.05) is 12.1 Å². The number of likely N-dealkylation sites (tertiary alicyclic amines) is 1. The summed E-state index contributed by atoms with van der Waals surface area (Å²) in [5, 5.41) is 0. The van der Waals surface area contributed by atoms with Crippen molar-refractivity contribution in [3.05, 3.63) is 58.0 Å². The predicted octanol–water partition coefficient (Wildman–Crippen LogP) is 1.97. The summed E-state index contributed by atoms with van der Waals surface area (Å²) in [5.41, 5.74) is 3.21. The van der Waals surface area contributed by atoms with Crippen molar-refractivity contribution < 1.29 is 4.79 Å². The molecule has 7 heteroatoms. The van der Waals surface area contributed by atoms with Crippen LogP contribution in [0.1, 0.15) is 40.6 Å². The second-order valence-corrected chi connectivity index (χ2v) is 6.46. The van der Waals surface area contributed by atoms with Crippen LogP contribution in [0.3, 0.4) is 0 Å². The van der Waals surface area contributed by atoms with Crippen molar-refractivity contribution in [2.24, 2.45) is 0 Å². The molecule has 1 aliphatic heterocycles. The van der Waals surface area contributed by atoms with Crippen molar-refractivity contribution in [2.45, 2.75) is 25.7 Å². The molecule has 0 atom stereocenters. The number of imidazole rings is 1. The molecule has 3 heterocycles. The zero-order chi connectivity index (χ0) is 17.4. The van der Waals surface area contributed by atoms with E-state index in [9.17, 15) is 9.59 Å². The average Bonchev–Trinajstić information content (AvgIpc) is 3.08. The zero-order valence-corrected chi connectivity index (χ0v) is 14.0. The predicted molar refractivity (Wildman–Crippen MR) is 93.6 cm³/mol. The first kappa shape index (κ1) is 15.6. The highest BCUT2D eigenvalue weighted by Gasteiger charge is 2.27. The maximum Gasteiger partial charge on any atom is 0.273 e. The van der Waals surface area contributed by atoms with Crippen molar-refractivity contribution in [1.29, 1.82) is 0 Å². The van der Waals surface area contributed by atoms with E-state index < -0.39 is 0 Å². The van der Waals surface area contributed by atoms with Crippen LogP contribution in [0.4, 0.5) is 0 Å². The lowest BCUT2D eigenvalue weighted by molar-refractivity contribution is 0.0704. The number of hydrogen-bond acceptors (Lipinski definition) is 4. The van der Waals surface area contributed by atoms with Crippen molar-refractivity contribution in [2.75, 3.05) is 13.1 Å². The molecule has 1 saturated heterocycles. The van der Waals surface area contributed by atoms with E-state index in [0.717, 1.165) is 41.5 Å². The fourth-order valence-electron chi connectivity index (χ4n) is 3.37. The van der Waals surface area contributed by atoms with Crippen LogP contribution in [0, 0.1) is 6.92 Å². The number of aromatic nitrogens is 4. The normalized spacial score (nSPS) is 15.6. The number of aryl methyl sites for hydroxylation is 1. The number of H-pyrrole nitrogens is 2. The van der Waals surface area contributed by atoms with Crippen molar-refractivity contribution in [3.63, 3.8) is 0 Å². The number of carbonyl (C=O) groups is 1. The number of para-hydroxylation sites is 1. The molecule has 1 aliphatic rings. The van der Waals surface area contributed by atoms with Crippen molar-refractivity contribution in [3.8, 4) is 0 Å². The van der Waals surface area contributed by atoms with Gasteiger partial charge in [0.1, 0.15) is 11.5 Å². The molecular weight excluding hydrogens is 318 g/mol. The van der Waals surface area contributed by atoms with Gasteiger partial charge < -0.3 is 14.9 Å². The summed E-state index contributed by atoms with van der Waals surface area (Å²) < 4.78 is 0. The lowest BCUT2D eigenvalue weighted by Gasteiger charge is -2.30. The van der Waals surface area contributed by atoms with Crippen molar-refractivity contribution >= 4 is 16.9 Å². The fourth-order valence-corrected chi connectivity index (χ4v) is 3.37. The van der Waals surface area contributed by atoms with Crippen molar-refractivity contribution in [1.82, 2.24) is 24.8 Å². The summed E-state index contributed by atoms with van der Waals surface area (Å²) in [6, 6.07) is 6.13. The van der Waals surface area contributed by atoms with Gasteiger partial charge in [0, 0.05) is 25.2 Å². The second kappa shape index (κ2) is 6.16. The summed E-state index contributed by atoms with van der Waals surface area (Å²) in [6.07, 6.45) is 4.22. The third kappa shape index (κ3) is 2.93. The Morgan fingerprint density at radius 1 is 1.28 bits per heavy atom. The standard InChI is InChI=1S/C18H19N5O2/c1-11-3-2-4-13-16(11)22-17(21-13)12-5-7-23(8-6-12)18(25)14-9-20-15(24)10-19-14/h2-4,9-10,12H,5-8H2,1H3,(H,20,24)(H,21,22). The molecule has 128 valence electrons.